The van der Waals surface area contributed by atoms with E-state index in [0.29, 0.717) is 26.7 Å². The molecule has 0 aromatic heterocycles. The maximum Gasteiger partial charge on any atom is 0.187 e. The van der Waals surface area contributed by atoms with Crippen LogP contribution in [-0.4, -0.2) is 74.6 Å². The second kappa shape index (κ2) is 28.8. The highest BCUT2D eigenvalue weighted by atomic mass is 35.5. The monoisotopic (exact) mass is 1110 g/mol. The lowest BCUT2D eigenvalue weighted by molar-refractivity contribution is -0.365. The van der Waals surface area contributed by atoms with Gasteiger partial charge in [0.1, 0.15) is 42.7 Å². The van der Waals surface area contributed by atoms with E-state index in [0.717, 1.165) is 38.9 Å². The Labute approximate surface area is 464 Å². The summed E-state index contributed by atoms with van der Waals surface area (Å²) in [6.45, 7) is 1.60. The molecule has 2 heterocycles. The van der Waals surface area contributed by atoms with Crippen molar-refractivity contribution in [2.24, 2.45) is 5.73 Å². The van der Waals surface area contributed by atoms with Crippen LogP contribution in [0.15, 0.2) is 188 Å². The normalized spacial score (nSPS) is 23.6. The van der Waals surface area contributed by atoms with E-state index >= 15 is 0 Å². The van der Waals surface area contributed by atoms with E-state index in [1.54, 1.807) is 0 Å². The Bertz CT molecular complexity index is 2770. The van der Waals surface area contributed by atoms with Gasteiger partial charge in [-0.05, 0) is 87.5 Å². The summed E-state index contributed by atoms with van der Waals surface area (Å²) in [6.07, 6.45) is -8.09. The molecule has 0 bridgehead atoms. The quantitative estimate of drug-likeness (QED) is 0.0589. The van der Waals surface area contributed by atoms with Gasteiger partial charge in [0.25, 0.3) is 0 Å². The van der Waals surface area contributed by atoms with Crippen LogP contribution in [0.3, 0.4) is 0 Å². The molecule has 11 nitrogen and oxygen atoms in total. The summed E-state index contributed by atoms with van der Waals surface area (Å²) in [7, 11) is 0. The average molecular weight is 1110 g/mol. The van der Waals surface area contributed by atoms with Gasteiger partial charge >= 0.3 is 0 Å². The number of benzene rings is 7. The van der Waals surface area contributed by atoms with Gasteiger partial charge in [0.05, 0.1) is 65.5 Å². The molecule has 15 heteroatoms. The summed E-state index contributed by atoms with van der Waals surface area (Å²) in [4.78, 5) is 0. The third-order valence-corrected chi connectivity index (χ3v) is 14.1. The molecule has 2 aliphatic rings. The number of rotatable bonds is 25. The second-order valence-electron chi connectivity index (χ2n) is 18.7. The largest absolute Gasteiger partial charge is 0.374 e. The second-order valence-corrected chi connectivity index (χ2v) is 20.4. The molecule has 0 amide bonds. The third kappa shape index (κ3) is 16.4. The summed E-state index contributed by atoms with van der Waals surface area (Å²) in [5.74, 6) is 0. The first-order valence-corrected chi connectivity index (χ1v) is 26.8. The molecule has 7 aromatic carbocycles. The summed E-state index contributed by atoms with van der Waals surface area (Å²) >= 11 is 25.3. The predicted molar refractivity (Wildman–Crippen MR) is 294 cm³/mol. The fourth-order valence-electron chi connectivity index (χ4n) is 9.00. The van der Waals surface area contributed by atoms with Gasteiger partial charge in [0, 0.05) is 20.1 Å². The van der Waals surface area contributed by atoms with Crippen molar-refractivity contribution in [3.8, 4) is 0 Å². The minimum Gasteiger partial charge on any atom is -0.374 e. The fraction of sp³-hybridized carbons (Fsp3) is 0.311. The van der Waals surface area contributed by atoms with Gasteiger partial charge in [0.15, 0.2) is 12.6 Å². The summed E-state index contributed by atoms with van der Waals surface area (Å²) in [5.41, 5.74) is 13.7. The number of nitrogens with two attached hydrogens (primary N) is 1. The van der Waals surface area contributed by atoms with E-state index in [1.165, 1.54) is 0 Å². The molecule has 0 aliphatic carbocycles. The van der Waals surface area contributed by atoms with Crippen molar-refractivity contribution in [3.05, 3.63) is 247 Å². The maximum atomic E-state index is 7.41. The Hall–Kier alpha value is -4.74. The first kappa shape index (κ1) is 56.0. The van der Waals surface area contributed by atoms with Crippen LogP contribution in [0.5, 0.6) is 0 Å². The van der Waals surface area contributed by atoms with Crippen molar-refractivity contribution in [1.29, 1.82) is 0 Å². The molecule has 76 heavy (non-hydrogen) atoms. The van der Waals surface area contributed by atoms with Crippen molar-refractivity contribution in [3.63, 3.8) is 0 Å². The van der Waals surface area contributed by atoms with Crippen LogP contribution in [-0.2, 0) is 93.6 Å². The minimum atomic E-state index is -1.18. The van der Waals surface area contributed by atoms with Gasteiger partial charge in [-0.2, -0.15) is 0 Å². The molecule has 398 valence electrons. The van der Waals surface area contributed by atoms with E-state index in [-0.39, 0.29) is 52.9 Å². The minimum absolute atomic E-state index is 0.0616. The molecule has 2 aliphatic heterocycles. The molecule has 2 saturated heterocycles. The van der Waals surface area contributed by atoms with Crippen molar-refractivity contribution in [1.82, 2.24) is 0 Å². The highest BCUT2D eigenvalue weighted by Crippen LogP contribution is 2.36. The number of hydrogen-bond donors (Lipinski definition) is 1. The molecule has 10 atom stereocenters. The highest BCUT2D eigenvalue weighted by molar-refractivity contribution is 6.31. The van der Waals surface area contributed by atoms with Gasteiger partial charge in [-0.25, -0.2) is 0 Å². The molecular weight excluding hydrogens is 1050 g/mol. The molecule has 0 spiro atoms. The van der Waals surface area contributed by atoms with Crippen LogP contribution >= 0.6 is 46.4 Å². The Balaban J connectivity index is 1.10. The van der Waals surface area contributed by atoms with Gasteiger partial charge < -0.3 is 53.1 Å². The zero-order valence-corrected chi connectivity index (χ0v) is 44.7. The van der Waals surface area contributed by atoms with Crippen molar-refractivity contribution in [2.75, 3.05) is 13.2 Å². The number of ether oxygens (including phenoxy) is 10. The number of halogens is 4. The zero-order valence-electron chi connectivity index (χ0n) is 41.7. The lowest BCUT2D eigenvalue weighted by Crippen LogP contribution is -2.67. The van der Waals surface area contributed by atoms with E-state index in [4.69, 9.17) is 99.5 Å². The lowest BCUT2D eigenvalue weighted by Gasteiger charge is -2.50. The van der Waals surface area contributed by atoms with Gasteiger partial charge in [-0.1, -0.05) is 186 Å². The SMILES string of the molecule is N[C@H]1[C@H](OCc2ccccc2)O[C@H](COCc2ccccc2)[C@@H](O[C@@H]2O[C@H](COCc3ccc(Cl)cc3)[C@H](OCc3ccc(Cl)cc3)[C@H](OCc3ccc(Cl)cc3)[C@H]2OCc2ccc(Cl)cc2)[C@@H]1OCc1ccccc1. The van der Waals surface area contributed by atoms with E-state index < -0.39 is 61.3 Å². The summed E-state index contributed by atoms with van der Waals surface area (Å²) in [5, 5.41) is 2.42. The Morgan fingerprint density at radius 2 is 0.632 bits per heavy atom. The van der Waals surface area contributed by atoms with Crippen LogP contribution in [0.2, 0.25) is 20.1 Å². The van der Waals surface area contributed by atoms with Crippen LogP contribution in [0.25, 0.3) is 0 Å². The fourth-order valence-corrected chi connectivity index (χ4v) is 9.51. The summed E-state index contributed by atoms with van der Waals surface area (Å²) < 4.78 is 69.0. The van der Waals surface area contributed by atoms with Gasteiger partial charge in [0.2, 0.25) is 0 Å². The molecule has 9 rings (SSSR count). The van der Waals surface area contributed by atoms with Gasteiger partial charge in [-0.15, -0.1) is 0 Å². The van der Waals surface area contributed by atoms with Crippen molar-refractivity contribution < 1.29 is 47.4 Å². The first-order chi connectivity index (χ1) is 37.2. The third-order valence-electron chi connectivity index (χ3n) is 13.0. The molecular formula is C61H61Cl4NO10. The molecule has 0 saturated carbocycles. The molecule has 2 fully saturated rings. The van der Waals surface area contributed by atoms with E-state index in [2.05, 4.69) is 0 Å². The molecule has 7 aromatic rings. The summed E-state index contributed by atoms with van der Waals surface area (Å²) in [6, 6.07) is 58.7. The Morgan fingerprint density at radius 3 is 1.07 bits per heavy atom. The van der Waals surface area contributed by atoms with Gasteiger partial charge in [-0.3, -0.25) is 0 Å². The first-order valence-electron chi connectivity index (χ1n) is 25.3. The van der Waals surface area contributed by atoms with Crippen LogP contribution in [0.4, 0.5) is 0 Å². The number of hydrogen-bond acceptors (Lipinski definition) is 11. The maximum absolute atomic E-state index is 7.41. The van der Waals surface area contributed by atoms with Crippen LogP contribution < -0.4 is 5.73 Å². The predicted octanol–water partition coefficient (Wildman–Crippen LogP) is 12.8. The van der Waals surface area contributed by atoms with Crippen LogP contribution in [0.1, 0.15) is 38.9 Å². The van der Waals surface area contributed by atoms with Crippen molar-refractivity contribution >= 4 is 46.4 Å². The topological polar surface area (TPSA) is 118 Å². The Kier molecular flexibility index (Phi) is 21.2. The lowest BCUT2D eigenvalue weighted by atomic mass is 9.95. The smallest absolute Gasteiger partial charge is 0.187 e. The zero-order chi connectivity index (χ0) is 52.5. The highest BCUT2D eigenvalue weighted by Gasteiger charge is 2.54. The molecule has 0 radical (unpaired) electrons. The molecule has 2 N–H and O–H groups in total. The molecule has 0 unspecified atom stereocenters. The standard InChI is InChI=1S/C61H61Cl4NO10/c62-48-24-16-44(17-25-48)33-68-39-52-55(69-35-45-18-26-49(63)27-19-45)58(71-36-46-20-28-50(64)29-21-46)59(72-37-47-22-30-51(65)31-23-47)61(75-52)76-56-53(40-67-32-41-10-4-1-5-11-41)74-60(73-38-43-14-8-3-9-15-43)54(66)57(56)70-34-42-12-6-2-7-13-42/h1-31,52-61H,32-40,66H2/t52-,53-,54-,55+,56-,57-,58+,59-,60-,61+/m1/s1. The van der Waals surface area contributed by atoms with Crippen LogP contribution in [0, 0.1) is 0 Å². The van der Waals surface area contributed by atoms with Crippen molar-refractivity contribution in [2.45, 2.75) is 108 Å². The average Bonchev–Trinajstić information content (AvgIpc) is 3.44. The van der Waals surface area contributed by atoms with E-state index in [9.17, 15) is 0 Å². The van der Waals surface area contributed by atoms with E-state index in [1.807, 2.05) is 188 Å². The Morgan fingerprint density at radius 1 is 0.316 bits per heavy atom.